The van der Waals surface area contributed by atoms with Crippen molar-refractivity contribution in [3.05, 3.63) is 309 Å². The zero-order valence-corrected chi connectivity index (χ0v) is 64.1. The minimum absolute atomic E-state index is 0.170. The highest BCUT2D eigenvalue weighted by atomic mass is 28.3. The van der Waals surface area contributed by atoms with E-state index in [4.69, 9.17) is 9.97 Å². The first-order valence-corrected chi connectivity index (χ1v) is 44.1. The first-order valence-electron chi connectivity index (χ1n) is 37.1. The van der Waals surface area contributed by atoms with E-state index in [-0.39, 0.29) is 17.5 Å². The zero-order chi connectivity index (χ0) is 72.0. The maximum Gasteiger partial charge on any atom is 0.252 e. The Morgan fingerprint density at radius 1 is 0.295 bits per heavy atom. The molecule has 0 radical (unpaired) electrons. The molecule has 0 saturated carbocycles. The van der Waals surface area contributed by atoms with Gasteiger partial charge in [-0.25, -0.2) is 0 Å². The fourth-order valence-corrected chi connectivity index (χ4v) is 19.0. The number of rotatable bonds is 11. The maximum absolute atomic E-state index is 5.24. The normalized spacial score (nSPS) is 13.1. The van der Waals surface area contributed by atoms with Crippen molar-refractivity contribution in [2.24, 2.45) is 0 Å². The molecule has 2 aliphatic heterocycles. The lowest BCUT2D eigenvalue weighted by molar-refractivity contribution is 0.569. The summed E-state index contributed by atoms with van der Waals surface area (Å²) < 4.78 is 5.06. The van der Waals surface area contributed by atoms with Crippen LogP contribution >= 0.6 is 0 Å². The van der Waals surface area contributed by atoms with Crippen molar-refractivity contribution in [3.63, 3.8) is 0 Å². The molecular weight excluding hydrogens is 1300 g/mol. The van der Waals surface area contributed by atoms with Crippen LogP contribution in [0.5, 0.6) is 0 Å². The Morgan fingerprint density at radius 3 is 0.981 bits per heavy atom. The van der Waals surface area contributed by atoms with Crippen LogP contribution in [0.4, 0.5) is 34.1 Å². The molecule has 0 N–H and O–H groups in total. The smallest absolute Gasteiger partial charge is 0.252 e. The topological polar surface area (TPSA) is 42.1 Å². The average molecular weight is 1390 g/mol. The van der Waals surface area contributed by atoms with E-state index in [1.165, 1.54) is 81.5 Å². The van der Waals surface area contributed by atoms with Crippen molar-refractivity contribution in [2.75, 3.05) is 9.80 Å². The number of para-hydroxylation sites is 2. The van der Waals surface area contributed by atoms with Gasteiger partial charge in [0, 0.05) is 103 Å². The molecule has 0 spiro atoms. The van der Waals surface area contributed by atoms with E-state index in [9.17, 15) is 0 Å². The Balaban J connectivity index is 1.04. The van der Waals surface area contributed by atoms with Crippen LogP contribution in [0.25, 0.3) is 111 Å². The predicted octanol–water partition coefficient (Wildman–Crippen LogP) is 22.8. The quantitative estimate of drug-likeness (QED) is 0.121. The van der Waals surface area contributed by atoms with Gasteiger partial charge in [-0.15, -0.1) is 0 Å². The van der Waals surface area contributed by atoms with Crippen LogP contribution in [-0.4, -0.2) is 42.0 Å². The third kappa shape index (κ3) is 11.0. The van der Waals surface area contributed by atoms with Crippen LogP contribution in [-0.2, 0) is 10.8 Å². The minimum Gasteiger partial charge on any atom is -0.310 e. The van der Waals surface area contributed by atoms with Gasteiger partial charge in [-0.2, -0.15) is 0 Å². The number of hydrogen-bond acceptors (Lipinski definition) is 4. The highest BCUT2D eigenvalue weighted by molar-refractivity contribution is 7.00. The fourth-order valence-electron chi connectivity index (χ4n) is 16.7. The molecule has 510 valence electrons. The molecule has 0 saturated heterocycles. The molecule has 2 aliphatic rings. The number of nitrogens with zero attached hydrogens (tertiary/aromatic N) is 6. The summed E-state index contributed by atoms with van der Waals surface area (Å²) in [6.45, 7) is 28.6. The molecule has 12 aromatic carbocycles. The molecule has 18 rings (SSSR count). The van der Waals surface area contributed by atoms with Crippen molar-refractivity contribution in [3.8, 4) is 67.0 Å². The van der Waals surface area contributed by atoms with E-state index in [1.54, 1.807) is 0 Å². The van der Waals surface area contributed by atoms with Crippen molar-refractivity contribution in [2.45, 2.75) is 91.7 Å². The molecule has 0 fully saturated rings. The molecule has 0 atom stereocenters. The first-order chi connectivity index (χ1) is 50.6. The molecular formula is C96H85BN6Si2. The zero-order valence-electron chi connectivity index (χ0n) is 62.1. The Labute approximate surface area is 619 Å². The molecule has 105 heavy (non-hydrogen) atoms. The van der Waals surface area contributed by atoms with Gasteiger partial charge in [-0.1, -0.05) is 304 Å². The number of benzene rings is 12. The fraction of sp³-hybridized carbons (Fsp3) is 0.146. The summed E-state index contributed by atoms with van der Waals surface area (Å²) in [7, 11) is -3.44. The van der Waals surface area contributed by atoms with E-state index >= 15 is 0 Å². The SMILES string of the molecule is CC(C)(C)c1cc(-c2cc3c4c(c2)N(c2c(-c5ccccc5)cncc2-c2ccccc2)c2cc(-n5c6ccccc6c6cc([Si](C)(C)C)ccc65)ccc2B4c2ccc(-n4c5ccccc5c5cc([Si](C)(C)C)ccc54)cc2N3c2c(-c3ccccc3)cncc2-c2ccccc2)cc(C(C)(C)C)c1. The lowest BCUT2D eigenvalue weighted by atomic mass is 9.33. The van der Waals surface area contributed by atoms with Gasteiger partial charge in [-0.05, 0) is 132 Å². The van der Waals surface area contributed by atoms with Gasteiger partial charge >= 0.3 is 0 Å². The Hall–Kier alpha value is -11.4. The van der Waals surface area contributed by atoms with Crippen LogP contribution in [0.3, 0.4) is 0 Å². The molecule has 4 aromatic heterocycles. The molecule has 16 aromatic rings. The van der Waals surface area contributed by atoms with Gasteiger partial charge in [0.15, 0.2) is 0 Å². The average Bonchev–Trinajstić information content (AvgIpc) is 0.718. The van der Waals surface area contributed by atoms with E-state index < -0.39 is 16.1 Å². The standard InChI is InChI=1S/C96H85BN6Si2/c1-95(2,3)68-49-66(50-69(53-68)96(4,5)6)67-51-90-92-91(52-67)103(94-80(64-33-21-15-22-34-64)60-99-61-81(94)65-35-23-16-24-36-65)89-55-71(101-85-40-28-26-38-75(85)77-57-73(105(10,11)12)44-48-87(77)101)42-46-83(89)97(92)82-45-41-70(100-84-39-27-25-37-74(84)76-56-72(104(7,8)9)43-47-86(76)100)54-88(82)102(90)93-78(62-29-17-13-18-30-62)58-98-59-79(93)63-31-19-14-20-32-63/h13-61H,1-12H3. The van der Waals surface area contributed by atoms with Gasteiger partial charge in [0.2, 0.25) is 0 Å². The third-order valence-electron chi connectivity index (χ3n) is 22.3. The van der Waals surface area contributed by atoms with Crippen molar-refractivity contribution >= 4 is 127 Å². The molecule has 6 nitrogen and oxygen atoms in total. The van der Waals surface area contributed by atoms with E-state index in [1.807, 2.05) is 0 Å². The van der Waals surface area contributed by atoms with Crippen LogP contribution in [0.15, 0.2) is 298 Å². The molecule has 0 amide bonds. The van der Waals surface area contributed by atoms with E-state index in [2.05, 4.69) is 398 Å². The Morgan fingerprint density at radius 2 is 0.629 bits per heavy atom. The maximum atomic E-state index is 5.24. The second-order valence-corrected chi connectivity index (χ2v) is 43.3. The van der Waals surface area contributed by atoms with E-state index in [0.717, 1.165) is 101 Å². The number of pyridine rings is 2. The largest absolute Gasteiger partial charge is 0.310 e. The van der Waals surface area contributed by atoms with E-state index in [0.29, 0.717) is 0 Å². The highest BCUT2D eigenvalue weighted by Crippen LogP contribution is 2.54. The van der Waals surface area contributed by atoms with Crippen LogP contribution in [0.1, 0.15) is 52.7 Å². The van der Waals surface area contributed by atoms with Crippen molar-refractivity contribution < 1.29 is 0 Å². The minimum atomic E-state index is -1.72. The second kappa shape index (κ2) is 24.7. The second-order valence-electron chi connectivity index (χ2n) is 33.1. The summed E-state index contributed by atoms with van der Waals surface area (Å²) >= 11 is 0. The van der Waals surface area contributed by atoms with Gasteiger partial charge in [0.25, 0.3) is 6.71 Å². The highest BCUT2D eigenvalue weighted by Gasteiger charge is 2.46. The number of fused-ring (bicyclic) bond motifs is 10. The predicted molar refractivity (Wildman–Crippen MR) is 455 cm³/mol. The van der Waals surface area contributed by atoms with Crippen molar-refractivity contribution in [1.82, 2.24) is 19.1 Å². The molecule has 0 bridgehead atoms. The van der Waals surface area contributed by atoms with Gasteiger partial charge in [0.05, 0.1) is 49.6 Å². The molecule has 6 heterocycles. The van der Waals surface area contributed by atoms with Crippen LogP contribution in [0.2, 0.25) is 39.3 Å². The first kappa shape index (κ1) is 65.6. The number of aromatic nitrogens is 4. The third-order valence-corrected chi connectivity index (χ3v) is 26.3. The van der Waals surface area contributed by atoms with Crippen LogP contribution < -0.4 is 36.6 Å². The van der Waals surface area contributed by atoms with Gasteiger partial charge < -0.3 is 18.9 Å². The Bertz CT molecular complexity index is 5670. The summed E-state index contributed by atoms with van der Waals surface area (Å²) in [4.78, 5) is 15.8. The monoisotopic (exact) mass is 1390 g/mol. The summed E-state index contributed by atoms with van der Waals surface area (Å²) in [5.41, 5.74) is 29.9. The number of anilines is 6. The summed E-state index contributed by atoms with van der Waals surface area (Å²) in [6.07, 6.45) is 8.42. The summed E-state index contributed by atoms with van der Waals surface area (Å²) in [6, 6.07) is 104. The lowest BCUT2D eigenvalue weighted by Gasteiger charge is -2.46. The number of hydrogen-bond donors (Lipinski definition) is 0. The summed E-state index contributed by atoms with van der Waals surface area (Å²) in [5.74, 6) is 0. The molecule has 9 heteroatoms. The molecule has 0 unspecified atom stereocenters. The summed E-state index contributed by atoms with van der Waals surface area (Å²) in [5, 5.41) is 7.94. The van der Waals surface area contributed by atoms with Gasteiger partial charge in [0.1, 0.15) is 0 Å². The molecule has 0 aliphatic carbocycles. The Kier molecular flexibility index (Phi) is 15.4. The van der Waals surface area contributed by atoms with Crippen LogP contribution in [0, 0.1) is 0 Å². The van der Waals surface area contributed by atoms with Gasteiger partial charge in [-0.3, -0.25) is 9.97 Å². The van der Waals surface area contributed by atoms with Crippen molar-refractivity contribution in [1.29, 1.82) is 0 Å². The lowest BCUT2D eigenvalue weighted by Crippen LogP contribution is -2.61.